The quantitative estimate of drug-likeness (QED) is 0.568. The number of halogens is 2. The van der Waals surface area contributed by atoms with E-state index >= 15 is 0 Å². The summed E-state index contributed by atoms with van der Waals surface area (Å²) < 4.78 is 33.9. The molecular weight excluding hydrogens is 428 g/mol. The molecule has 0 aliphatic heterocycles. The second kappa shape index (κ2) is 7.40. The van der Waals surface area contributed by atoms with Crippen molar-refractivity contribution in [2.45, 2.75) is 51.9 Å². The Hall–Kier alpha value is -3.23. The van der Waals surface area contributed by atoms with E-state index in [1.165, 1.54) is 18.2 Å². The number of carbonyl (C=O) groups excluding carboxylic acids is 1. The van der Waals surface area contributed by atoms with Crippen LogP contribution < -0.4 is 0 Å². The maximum atomic E-state index is 14.4. The number of rotatable bonds is 5. The molecule has 2 heterocycles. The van der Waals surface area contributed by atoms with Gasteiger partial charge >= 0.3 is 11.8 Å². The second-order valence-electron chi connectivity index (χ2n) is 9.49. The van der Waals surface area contributed by atoms with Crippen molar-refractivity contribution in [2.24, 2.45) is 5.41 Å². The molecule has 1 amide bonds. The summed E-state index contributed by atoms with van der Waals surface area (Å²) in [5.74, 6) is -1.14. The number of likely N-dealkylation sites (N-methyl/N-ethyl adjacent to an activating group) is 1. The van der Waals surface area contributed by atoms with Gasteiger partial charge in [-0.2, -0.15) is 15.2 Å². The molecule has 3 aromatic rings. The number of carbonyl (C=O) groups is 1. The third kappa shape index (κ3) is 3.01. The average molecular weight is 453 g/mol. The molecule has 5 rings (SSSR count). The molecule has 2 bridgehead atoms. The van der Waals surface area contributed by atoms with Crippen molar-refractivity contribution < 1.29 is 18.1 Å². The highest BCUT2D eigenvalue weighted by atomic mass is 19.1. The molecule has 7 nitrogen and oxygen atoms in total. The average Bonchev–Trinajstić information content (AvgIpc) is 3.37. The van der Waals surface area contributed by atoms with Gasteiger partial charge in [0, 0.05) is 18.5 Å². The topological polar surface area (TPSA) is 85.0 Å². The monoisotopic (exact) mass is 453 g/mol. The lowest BCUT2D eigenvalue weighted by molar-refractivity contribution is 0.0605. The molecule has 1 fully saturated rings. The summed E-state index contributed by atoms with van der Waals surface area (Å²) in [6.07, 6.45) is 1.74. The Morgan fingerprint density at radius 2 is 1.97 bits per heavy atom. The van der Waals surface area contributed by atoms with Gasteiger partial charge in [-0.25, -0.2) is 8.78 Å². The molecule has 1 aromatic carbocycles. The van der Waals surface area contributed by atoms with Crippen LogP contribution in [-0.4, -0.2) is 44.2 Å². The third-order valence-corrected chi connectivity index (χ3v) is 7.68. The van der Waals surface area contributed by atoms with Crippen molar-refractivity contribution in [2.75, 3.05) is 13.1 Å². The first kappa shape index (κ1) is 21.6. The first-order valence-corrected chi connectivity index (χ1v) is 11.1. The van der Waals surface area contributed by atoms with Crippen molar-refractivity contribution >= 4 is 5.91 Å². The number of benzene rings is 1. The molecule has 172 valence electrons. The minimum absolute atomic E-state index is 0.0345. The van der Waals surface area contributed by atoms with E-state index in [2.05, 4.69) is 34.2 Å². The number of fused-ring (bicyclic) bond motifs is 5. The lowest BCUT2D eigenvalue weighted by Crippen LogP contribution is -2.48. The van der Waals surface area contributed by atoms with E-state index in [0.717, 1.165) is 24.1 Å². The molecular formula is C24H25F2N5O2. The van der Waals surface area contributed by atoms with Crippen LogP contribution in [0.25, 0.3) is 11.3 Å². The van der Waals surface area contributed by atoms with Gasteiger partial charge in [-0.1, -0.05) is 25.1 Å². The summed E-state index contributed by atoms with van der Waals surface area (Å²) in [5.41, 5.74) is 1.11. The Kier molecular flexibility index (Phi) is 4.84. The van der Waals surface area contributed by atoms with E-state index in [4.69, 9.17) is 4.52 Å². The Morgan fingerprint density at radius 3 is 2.61 bits per heavy atom. The number of amides is 1. The number of aromatic nitrogens is 4. The van der Waals surface area contributed by atoms with Crippen molar-refractivity contribution in [3.05, 3.63) is 58.9 Å². The van der Waals surface area contributed by atoms with Gasteiger partial charge in [-0.15, -0.1) is 0 Å². The van der Waals surface area contributed by atoms with Gasteiger partial charge in [0.15, 0.2) is 5.82 Å². The number of aryl methyl sites for hydroxylation is 1. The van der Waals surface area contributed by atoms with Gasteiger partial charge in [-0.05, 0) is 61.8 Å². The van der Waals surface area contributed by atoms with E-state index in [1.807, 2.05) is 6.92 Å². The Morgan fingerprint density at radius 1 is 1.24 bits per heavy atom. The second-order valence-corrected chi connectivity index (χ2v) is 9.49. The summed E-state index contributed by atoms with van der Waals surface area (Å²) in [6.45, 7) is 8.80. The summed E-state index contributed by atoms with van der Waals surface area (Å²) in [4.78, 5) is 18.9. The molecule has 2 aliphatic carbocycles. The largest absolute Gasteiger partial charge is 0.334 e. The normalized spacial score (nSPS) is 22.4. The van der Waals surface area contributed by atoms with Gasteiger partial charge in [0.25, 0.3) is 0 Å². The molecule has 0 unspecified atom stereocenters. The van der Waals surface area contributed by atoms with E-state index in [-0.39, 0.29) is 34.4 Å². The number of hydrogen-bond donors (Lipinski definition) is 0. The zero-order valence-corrected chi connectivity index (χ0v) is 19.0. The molecule has 33 heavy (non-hydrogen) atoms. The lowest BCUT2D eigenvalue weighted by atomic mass is 9.68. The van der Waals surface area contributed by atoms with E-state index < -0.39 is 17.0 Å². The molecule has 1 saturated carbocycles. The van der Waals surface area contributed by atoms with Crippen LogP contribution in [0.3, 0.4) is 0 Å². The Labute approximate surface area is 190 Å². The minimum atomic E-state index is -0.668. The summed E-state index contributed by atoms with van der Waals surface area (Å²) in [5, 5.41) is 12.5. The Bertz CT molecular complexity index is 1240. The van der Waals surface area contributed by atoms with Crippen LogP contribution in [-0.2, 0) is 5.41 Å². The highest BCUT2D eigenvalue weighted by Gasteiger charge is 2.64. The number of nitrogens with zero attached hydrogens (tertiary/aromatic N) is 5. The molecule has 0 radical (unpaired) electrons. The standard InChI is InChI=1S/C24H25F2N5O2/c1-5-31(22(32)21-27-13(2)30-33-21)12-24-10-9-15(23(24,3)4)14-11-18(28-29-20(14)24)19-16(25)7-6-8-17(19)26/h6-8,11,15H,5,9-10,12H2,1-4H3/t15-,24-/m0/s1. The van der Waals surface area contributed by atoms with Crippen molar-refractivity contribution in [3.8, 4) is 11.3 Å². The van der Waals surface area contributed by atoms with E-state index in [9.17, 15) is 13.6 Å². The Balaban J connectivity index is 1.56. The molecule has 0 saturated heterocycles. The van der Waals surface area contributed by atoms with Crippen LogP contribution in [0.2, 0.25) is 0 Å². The van der Waals surface area contributed by atoms with Crippen LogP contribution in [0.1, 0.15) is 67.3 Å². The third-order valence-electron chi connectivity index (χ3n) is 7.68. The highest BCUT2D eigenvalue weighted by Crippen LogP contribution is 2.67. The predicted octanol–water partition coefficient (Wildman–Crippen LogP) is 4.43. The minimum Gasteiger partial charge on any atom is -0.334 e. The SMILES string of the molecule is CCN(C[C@@]12CC[C@@H](c3cc(-c4c(F)cccc4F)nnc31)C2(C)C)C(=O)c1nc(C)no1. The summed E-state index contributed by atoms with van der Waals surface area (Å²) >= 11 is 0. The zero-order valence-electron chi connectivity index (χ0n) is 19.0. The van der Waals surface area contributed by atoms with E-state index in [0.29, 0.717) is 18.9 Å². The molecule has 2 atom stereocenters. The summed E-state index contributed by atoms with van der Waals surface area (Å²) in [6, 6.07) is 5.54. The van der Waals surface area contributed by atoms with Gasteiger partial charge in [0.2, 0.25) is 0 Å². The van der Waals surface area contributed by atoms with Crippen molar-refractivity contribution in [3.63, 3.8) is 0 Å². The van der Waals surface area contributed by atoms with Crippen LogP contribution in [0.4, 0.5) is 8.78 Å². The fourth-order valence-corrected chi connectivity index (χ4v) is 5.81. The van der Waals surface area contributed by atoms with Crippen LogP contribution in [0.15, 0.2) is 28.8 Å². The van der Waals surface area contributed by atoms with Gasteiger partial charge in [0.05, 0.1) is 17.0 Å². The highest BCUT2D eigenvalue weighted by molar-refractivity contribution is 5.89. The number of hydrogen-bond acceptors (Lipinski definition) is 6. The predicted molar refractivity (Wildman–Crippen MR) is 115 cm³/mol. The maximum Gasteiger partial charge on any atom is 0.316 e. The zero-order chi connectivity index (χ0) is 23.5. The molecule has 2 aliphatic rings. The smallest absolute Gasteiger partial charge is 0.316 e. The fourth-order valence-electron chi connectivity index (χ4n) is 5.81. The molecule has 2 aromatic heterocycles. The van der Waals surface area contributed by atoms with Crippen LogP contribution >= 0.6 is 0 Å². The fraction of sp³-hybridized carbons (Fsp3) is 0.458. The van der Waals surface area contributed by atoms with Gasteiger partial charge < -0.3 is 9.42 Å². The van der Waals surface area contributed by atoms with Crippen molar-refractivity contribution in [1.29, 1.82) is 0 Å². The van der Waals surface area contributed by atoms with Crippen LogP contribution in [0.5, 0.6) is 0 Å². The summed E-state index contributed by atoms with van der Waals surface area (Å²) in [7, 11) is 0. The van der Waals surface area contributed by atoms with Gasteiger partial charge in [0.1, 0.15) is 11.6 Å². The molecule has 0 spiro atoms. The van der Waals surface area contributed by atoms with Crippen molar-refractivity contribution in [1.82, 2.24) is 25.2 Å². The lowest BCUT2D eigenvalue weighted by Gasteiger charge is -2.41. The molecule has 0 N–H and O–H groups in total. The first-order valence-electron chi connectivity index (χ1n) is 11.1. The van der Waals surface area contributed by atoms with Gasteiger partial charge in [-0.3, -0.25) is 4.79 Å². The van der Waals surface area contributed by atoms with Crippen LogP contribution in [0, 0.1) is 24.0 Å². The van der Waals surface area contributed by atoms with E-state index in [1.54, 1.807) is 17.9 Å². The maximum absolute atomic E-state index is 14.4. The molecule has 9 heteroatoms. The first-order chi connectivity index (χ1) is 15.7.